The number of methoxy groups -OCH3 is 1. The Kier molecular flexibility index (Phi) is 19.2. The van der Waals surface area contributed by atoms with Crippen molar-refractivity contribution in [3.63, 3.8) is 0 Å². The largest absolute Gasteiger partial charge is 0.469 e. The third kappa shape index (κ3) is 44.5. The van der Waals surface area contributed by atoms with Gasteiger partial charge < -0.3 is 14.6 Å². The molecule has 0 fully saturated rings. The van der Waals surface area contributed by atoms with Gasteiger partial charge in [0, 0.05) is 21.0 Å². The lowest BCUT2D eigenvalue weighted by molar-refractivity contribution is -0.144. The summed E-state index contributed by atoms with van der Waals surface area (Å²) in [6, 6.07) is 0. The molecular formula is C9H20O5. The molecular weight excluding hydrogens is 188 g/mol. The number of aliphatic hydroxyl groups is 1. The molecule has 14 heavy (non-hydrogen) atoms. The molecule has 86 valence electrons. The molecule has 0 amide bonds. The second kappa shape index (κ2) is 14.4. The fourth-order valence-electron chi connectivity index (χ4n) is 0.332. The molecule has 0 aliphatic heterocycles. The minimum Gasteiger partial charge on any atom is -0.469 e. The molecule has 0 aliphatic rings. The zero-order valence-corrected chi connectivity index (χ0v) is 9.66. The van der Waals surface area contributed by atoms with Gasteiger partial charge in [-0.3, -0.25) is 9.59 Å². The molecule has 1 N–H and O–H groups in total. The molecule has 0 spiro atoms. The van der Waals surface area contributed by atoms with Crippen LogP contribution in [0.4, 0.5) is 0 Å². The molecule has 0 aliphatic carbocycles. The van der Waals surface area contributed by atoms with Gasteiger partial charge in [0.25, 0.3) is 0 Å². The number of carbonyl (C=O) groups excluding carboxylic acids is 2. The van der Waals surface area contributed by atoms with E-state index < -0.39 is 0 Å². The maximum atomic E-state index is 10.0. The van der Waals surface area contributed by atoms with Crippen molar-refractivity contribution in [1.82, 2.24) is 0 Å². The van der Waals surface area contributed by atoms with E-state index in [0.29, 0.717) is 0 Å². The molecule has 0 radical (unpaired) electrons. The summed E-state index contributed by atoms with van der Waals surface area (Å²) < 4.78 is 8.72. The first-order chi connectivity index (χ1) is 6.40. The first kappa shape index (κ1) is 18.6. The van der Waals surface area contributed by atoms with E-state index in [1.54, 1.807) is 0 Å². The highest BCUT2D eigenvalue weighted by atomic mass is 16.5. The van der Waals surface area contributed by atoms with Gasteiger partial charge in [0.05, 0.1) is 13.2 Å². The molecule has 0 atom stereocenters. The Balaban J connectivity index is -0.000000152. The van der Waals surface area contributed by atoms with E-state index >= 15 is 0 Å². The van der Waals surface area contributed by atoms with Gasteiger partial charge in [-0.2, -0.15) is 0 Å². The van der Waals surface area contributed by atoms with Crippen LogP contribution in [0.15, 0.2) is 0 Å². The Morgan fingerprint density at radius 1 is 1.07 bits per heavy atom. The zero-order valence-electron chi connectivity index (χ0n) is 9.66. The molecule has 5 heteroatoms. The van der Waals surface area contributed by atoms with Crippen LogP contribution in [-0.4, -0.2) is 37.4 Å². The second-order valence-electron chi connectivity index (χ2n) is 2.35. The smallest absolute Gasteiger partial charge is 0.302 e. The van der Waals surface area contributed by atoms with E-state index in [4.69, 9.17) is 5.11 Å². The van der Waals surface area contributed by atoms with E-state index in [0.717, 1.165) is 7.11 Å². The summed E-state index contributed by atoms with van der Waals surface area (Å²) in [6.45, 7) is 6.41. The summed E-state index contributed by atoms with van der Waals surface area (Å²) in [5.74, 6) is -0.458. The second-order valence-corrected chi connectivity index (χ2v) is 2.35. The van der Waals surface area contributed by atoms with Gasteiger partial charge in [-0.25, -0.2) is 0 Å². The van der Waals surface area contributed by atoms with Crippen LogP contribution in [0.2, 0.25) is 0 Å². The number of ether oxygens (including phenoxy) is 2. The summed E-state index contributed by atoms with van der Waals surface area (Å²) in [6.07, 6.45) is 0.0255. The van der Waals surface area contributed by atoms with Crippen molar-refractivity contribution in [1.29, 1.82) is 0 Å². The first-order valence-electron chi connectivity index (χ1n) is 4.06. The van der Waals surface area contributed by atoms with Crippen molar-refractivity contribution in [2.75, 3.05) is 14.2 Å². The lowest BCUT2D eigenvalue weighted by Gasteiger charge is -2.01. The summed E-state index contributed by atoms with van der Waals surface area (Å²) in [7, 11) is 2.35. The van der Waals surface area contributed by atoms with Crippen molar-refractivity contribution < 1.29 is 24.2 Å². The van der Waals surface area contributed by atoms with Crippen LogP contribution in [0.3, 0.4) is 0 Å². The Morgan fingerprint density at radius 3 is 1.36 bits per heavy atom. The number of hydrogen-bond donors (Lipinski definition) is 1. The fraction of sp³-hybridized carbons (Fsp3) is 0.778. The van der Waals surface area contributed by atoms with Gasteiger partial charge in [0.15, 0.2) is 0 Å². The van der Waals surface area contributed by atoms with Crippen LogP contribution in [0, 0.1) is 0 Å². The maximum absolute atomic E-state index is 10.0. The van der Waals surface area contributed by atoms with Crippen molar-refractivity contribution in [2.45, 2.75) is 33.8 Å². The molecule has 0 saturated heterocycles. The van der Waals surface area contributed by atoms with Crippen LogP contribution in [0.25, 0.3) is 0 Å². The molecule has 0 bridgehead atoms. The van der Waals surface area contributed by atoms with Crippen LogP contribution in [0.5, 0.6) is 0 Å². The highest BCUT2D eigenvalue weighted by Gasteiger charge is 1.93. The van der Waals surface area contributed by atoms with Gasteiger partial charge in [-0.15, -0.1) is 0 Å². The van der Waals surface area contributed by atoms with Crippen LogP contribution >= 0.6 is 0 Å². The first-order valence-corrected chi connectivity index (χ1v) is 4.06. The number of hydrogen-bond acceptors (Lipinski definition) is 5. The third-order valence-corrected chi connectivity index (χ3v) is 0.689. The van der Waals surface area contributed by atoms with E-state index in [9.17, 15) is 9.59 Å². The third-order valence-electron chi connectivity index (χ3n) is 0.689. The summed E-state index contributed by atoms with van der Waals surface area (Å²) in [5, 5.41) is 7.00. The van der Waals surface area contributed by atoms with Crippen molar-refractivity contribution in [2.24, 2.45) is 0 Å². The minimum absolute atomic E-state index is 0.0255. The fourth-order valence-corrected chi connectivity index (χ4v) is 0.332. The molecule has 5 nitrogen and oxygen atoms in total. The maximum Gasteiger partial charge on any atom is 0.302 e. The lowest BCUT2D eigenvalue weighted by atomic mass is 10.5. The van der Waals surface area contributed by atoms with Crippen molar-refractivity contribution in [3.8, 4) is 0 Å². The van der Waals surface area contributed by atoms with Crippen LogP contribution < -0.4 is 0 Å². The molecule has 0 aromatic rings. The number of carbonyl (C=O) groups is 2. The van der Waals surface area contributed by atoms with Gasteiger partial charge in [-0.05, 0) is 13.8 Å². The Hall–Kier alpha value is -1.10. The van der Waals surface area contributed by atoms with E-state index in [1.807, 2.05) is 13.8 Å². The Bertz CT molecular complexity index is 142. The van der Waals surface area contributed by atoms with Gasteiger partial charge in [0.2, 0.25) is 0 Å². The van der Waals surface area contributed by atoms with Crippen molar-refractivity contribution >= 4 is 11.9 Å². The average Bonchev–Trinajstić information content (AvgIpc) is 2.06. The quantitative estimate of drug-likeness (QED) is 0.643. The highest BCUT2D eigenvalue weighted by molar-refractivity contribution is 5.66. The van der Waals surface area contributed by atoms with Crippen LogP contribution in [-0.2, 0) is 19.1 Å². The molecule has 0 rings (SSSR count). The number of aliphatic hydroxyl groups excluding tert-OH is 1. The summed E-state index contributed by atoms with van der Waals surface area (Å²) in [5.41, 5.74) is 0. The minimum atomic E-state index is -0.245. The van der Waals surface area contributed by atoms with E-state index in [2.05, 4.69) is 9.47 Å². The predicted octanol–water partition coefficient (Wildman–Crippen LogP) is 0.746. The molecule has 0 aromatic carbocycles. The molecule has 0 unspecified atom stereocenters. The van der Waals surface area contributed by atoms with Crippen LogP contribution in [0.1, 0.15) is 27.7 Å². The zero-order chi connectivity index (χ0) is 12.1. The number of esters is 2. The lowest BCUT2D eigenvalue weighted by Crippen LogP contribution is -2.06. The summed E-state index contributed by atoms with van der Waals surface area (Å²) in [4.78, 5) is 19.6. The molecule has 0 aromatic heterocycles. The standard InChI is InChI=1S/C5H10O2.C3H6O2.CH4O/c1-4(2)7-5(3)6;1-3(4)5-2;1-2/h4H,1-3H3;1-2H3;2H,1H3. The number of rotatable bonds is 1. The van der Waals surface area contributed by atoms with Gasteiger partial charge in [-0.1, -0.05) is 0 Å². The Labute approximate surface area is 85.0 Å². The SMILES string of the molecule is CC(=O)OC(C)C.CO.COC(C)=O. The van der Waals surface area contributed by atoms with Gasteiger partial charge in [0.1, 0.15) is 0 Å². The Morgan fingerprint density at radius 2 is 1.36 bits per heavy atom. The van der Waals surface area contributed by atoms with E-state index in [1.165, 1.54) is 21.0 Å². The predicted molar refractivity (Wildman–Crippen MR) is 52.7 cm³/mol. The molecule has 0 heterocycles. The monoisotopic (exact) mass is 208 g/mol. The van der Waals surface area contributed by atoms with Crippen molar-refractivity contribution in [3.05, 3.63) is 0 Å². The van der Waals surface area contributed by atoms with Gasteiger partial charge >= 0.3 is 11.9 Å². The normalized spacial score (nSPS) is 7.43. The highest BCUT2D eigenvalue weighted by Crippen LogP contribution is 1.85. The summed E-state index contributed by atoms with van der Waals surface area (Å²) >= 11 is 0. The molecule has 0 saturated carbocycles. The average molecular weight is 208 g/mol. The topological polar surface area (TPSA) is 72.8 Å². The van der Waals surface area contributed by atoms with E-state index in [-0.39, 0.29) is 18.0 Å².